The largest absolute Gasteiger partial charge is 0.393 e. The van der Waals surface area contributed by atoms with Crippen LogP contribution in [0.1, 0.15) is 31.7 Å². The van der Waals surface area contributed by atoms with Gasteiger partial charge in [-0.3, -0.25) is 0 Å². The normalized spacial score (nSPS) is 12.9. The SMILES string of the molecule is Cc1ccc(-c2noc(CC(O)CC(C)C)n2)cc1. The molecule has 1 heterocycles. The summed E-state index contributed by atoms with van der Waals surface area (Å²) < 4.78 is 5.18. The van der Waals surface area contributed by atoms with Gasteiger partial charge in [-0.05, 0) is 19.3 Å². The molecule has 0 aliphatic heterocycles. The fourth-order valence-corrected chi connectivity index (χ4v) is 1.99. The van der Waals surface area contributed by atoms with Crippen molar-refractivity contribution in [1.29, 1.82) is 0 Å². The molecule has 0 saturated heterocycles. The summed E-state index contributed by atoms with van der Waals surface area (Å²) in [6, 6.07) is 7.96. The van der Waals surface area contributed by atoms with Crippen LogP contribution in [0, 0.1) is 12.8 Å². The molecule has 0 saturated carbocycles. The predicted octanol–water partition coefficient (Wildman–Crippen LogP) is 2.99. The second-order valence-corrected chi connectivity index (χ2v) is 5.37. The number of aryl methyl sites for hydroxylation is 1. The number of benzene rings is 1. The van der Waals surface area contributed by atoms with Crippen molar-refractivity contribution in [2.75, 3.05) is 0 Å². The molecule has 1 atom stereocenters. The zero-order valence-corrected chi connectivity index (χ0v) is 11.6. The van der Waals surface area contributed by atoms with Gasteiger partial charge in [0.1, 0.15) is 0 Å². The highest BCUT2D eigenvalue weighted by Crippen LogP contribution is 2.17. The molecule has 102 valence electrons. The summed E-state index contributed by atoms with van der Waals surface area (Å²) in [6.45, 7) is 6.19. The minimum absolute atomic E-state index is 0.414. The van der Waals surface area contributed by atoms with Crippen molar-refractivity contribution >= 4 is 0 Å². The highest BCUT2D eigenvalue weighted by molar-refractivity contribution is 5.54. The summed E-state index contributed by atoms with van der Waals surface area (Å²) in [7, 11) is 0. The first-order valence-electron chi connectivity index (χ1n) is 6.62. The molecule has 2 rings (SSSR count). The average Bonchev–Trinajstić information content (AvgIpc) is 2.77. The van der Waals surface area contributed by atoms with E-state index in [4.69, 9.17) is 4.52 Å². The van der Waals surface area contributed by atoms with Crippen LogP contribution >= 0.6 is 0 Å². The monoisotopic (exact) mass is 260 g/mol. The summed E-state index contributed by atoms with van der Waals surface area (Å²) in [4.78, 5) is 4.32. The molecule has 0 amide bonds. The van der Waals surface area contributed by atoms with E-state index in [1.165, 1.54) is 5.56 Å². The molecule has 0 aliphatic carbocycles. The van der Waals surface area contributed by atoms with Gasteiger partial charge in [0, 0.05) is 5.56 Å². The molecule has 19 heavy (non-hydrogen) atoms. The smallest absolute Gasteiger partial charge is 0.229 e. The van der Waals surface area contributed by atoms with Gasteiger partial charge < -0.3 is 9.63 Å². The van der Waals surface area contributed by atoms with Gasteiger partial charge in [0.05, 0.1) is 12.5 Å². The highest BCUT2D eigenvalue weighted by atomic mass is 16.5. The standard InChI is InChI=1S/C15H20N2O2/c1-10(2)8-13(18)9-14-16-15(17-19-14)12-6-4-11(3)5-7-12/h4-7,10,13,18H,8-9H2,1-3H3. The van der Waals surface area contributed by atoms with Crippen LogP contribution < -0.4 is 0 Å². The van der Waals surface area contributed by atoms with Crippen molar-refractivity contribution in [2.45, 2.75) is 39.7 Å². The van der Waals surface area contributed by atoms with E-state index in [9.17, 15) is 5.11 Å². The van der Waals surface area contributed by atoms with Crippen molar-refractivity contribution in [1.82, 2.24) is 10.1 Å². The Morgan fingerprint density at radius 1 is 1.21 bits per heavy atom. The topological polar surface area (TPSA) is 59.2 Å². The van der Waals surface area contributed by atoms with Crippen LogP contribution in [0.5, 0.6) is 0 Å². The number of hydrogen-bond acceptors (Lipinski definition) is 4. The summed E-state index contributed by atoms with van der Waals surface area (Å²) in [6.07, 6.45) is 0.727. The predicted molar refractivity (Wildman–Crippen MR) is 73.6 cm³/mol. The average molecular weight is 260 g/mol. The van der Waals surface area contributed by atoms with E-state index in [0.717, 1.165) is 12.0 Å². The molecule has 1 unspecified atom stereocenters. The number of aliphatic hydroxyl groups is 1. The maximum absolute atomic E-state index is 9.86. The molecule has 0 bridgehead atoms. The quantitative estimate of drug-likeness (QED) is 0.897. The highest BCUT2D eigenvalue weighted by Gasteiger charge is 2.14. The molecule has 1 N–H and O–H groups in total. The molecule has 4 heteroatoms. The molecular weight excluding hydrogens is 240 g/mol. The van der Waals surface area contributed by atoms with Gasteiger partial charge in [-0.15, -0.1) is 0 Å². The summed E-state index contributed by atoms with van der Waals surface area (Å²) >= 11 is 0. The Morgan fingerprint density at radius 3 is 2.53 bits per heavy atom. The molecule has 2 aromatic rings. The second-order valence-electron chi connectivity index (χ2n) is 5.37. The Balaban J connectivity index is 2.04. The number of nitrogens with zero attached hydrogens (tertiary/aromatic N) is 2. The number of rotatable bonds is 5. The van der Waals surface area contributed by atoms with Crippen molar-refractivity contribution in [3.8, 4) is 11.4 Å². The summed E-state index contributed by atoms with van der Waals surface area (Å²) in [5.41, 5.74) is 2.12. The van der Waals surface area contributed by atoms with Gasteiger partial charge in [0.25, 0.3) is 0 Å². The summed E-state index contributed by atoms with van der Waals surface area (Å²) in [5.74, 6) is 1.52. The number of hydrogen-bond donors (Lipinski definition) is 1. The molecule has 0 spiro atoms. The van der Waals surface area contributed by atoms with Gasteiger partial charge in [-0.2, -0.15) is 4.98 Å². The third-order valence-electron chi connectivity index (χ3n) is 2.93. The van der Waals surface area contributed by atoms with Crippen molar-refractivity contribution < 1.29 is 9.63 Å². The zero-order valence-electron chi connectivity index (χ0n) is 11.6. The Kier molecular flexibility index (Phi) is 4.32. The van der Waals surface area contributed by atoms with Gasteiger partial charge in [-0.25, -0.2) is 0 Å². The van der Waals surface area contributed by atoms with Gasteiger partial charge in [0.2, 0.25) is 11.7 Å². The molecule has 0 aliphatic rings. The maximum Gasteiger partial charge on any atom is 0.229 e. The minimum Gasteiger partial charge on any atom is -0.393 e. The zero-order chi connectivity index (χ0) is 13.8. The van der Waals surface area contributed by atoms with Gasteiger partial charge >= 0.3 is 0 Å². The summed E-state index contributed by atoms with van der Waals surface area (Å²) in [5, 5.41) is 13.8. The van der Waals surface area contributed by atoms with Crippen molar-refractivity contribution in [3.05, 3.63) is 35.7 Å². The van der Waals surface area contributed by atoms with E-state index in [0.29, 0.717) is 24.1 Å². The van der Waals surface area contributed by atoms with Crippen LogP contribution in [0.25, 0.3) is 11.4 Å². The Bertz CT molecular complexity index is 517. The Labute approximate surface area is 113 Å². The molecule has 1 aromatic heterocycles. The first kappa shape index (κ1) is 13.7. The van der Waals surface area contributed by atoms with Crippen LogP contribution in [0.2, 0.25) is 0 Å². The second kappa shape index (κ2) is 5.97. The third kappa shape index (κ3) is 3.89. The fraction of sp³-hybridized carbons (Fsp3) is 0.467. The maximum atomic E-state index is 9.86. The fourth-order valence-electron chi connectivity index (χ4n) is 1.99. The lowest BCUT2D eigenvalue weighted by molar-refractivity contribution is 0.138. The van der Waals surface area contributed by atoms with E-state index in [2.05, 4.69) is 24.0 Å². The van der Waals surface area contributed by atoms with Crippen LogP contribution in [0.3, 0.4) is 0 Å². The number of aliphatic hydroxyl groups excluding tert-OH is 1. The third-order valence-corrected chi connectivity index (χ3v) is 2.93. The molecule has 0 radical (unpaired) electrons. The Hall–Kier alpha value is -1.68. The van der Waals surface area contributed by atoms with Crippen LogP contribution in [-0.4, -0.2) is 21.4 Å². The van der Waals surface area contributed by atoms with E-state index in [1.807, 2.05) is 31.2 Å². The lowest BCUT2D eigenvalue weighted by Crippen LogP contribution is -2.13. The number of aromatic nitrogens is 2. The molecular formula is C15H20N2O2. The van der Waals surface area contributed by atoms with Crippen LogP contribution in [0.4, 0.5) is 0 Å². The van der Waals surface area contributed by atoms with E-state index < -0.39 is 6.10 Å². The van der Waals surface area contributed by atoms with E-state index >= 15 is 0 Å². The molecule has 4 nitrogen and oxygen atoms in total. The van der Waals surface area contributed by atoms with Gasteiger partial charge in [0.15, 0.2) is 0 Å². The van der Waals surface area contributed by atoms with Crippen LogP contribution in [-0.2, 0) is 6.42 Å². The first-order valence-corrected chi connectivity index (χ1v) is 6.62. The Morgan fingerprint density at radius 2 is 1.89 bits per heavy atom. The minimum atomic E-state index is -0.425. The van der Waals surface area contributed by atoms with Crippen LogP contribution in [0.15, 0.2) is 28.8 Å². The molecule has 0 fully saturated rings. The lowest BCUT2D eigenvalue weighted by Gasteiger charge is -2.09. The van der Waals surface area contributed by atoms with Crippen molar-refractivity contribution in [2.24, 2.45) is 5.92 Å². The van der Waals surface area contributed by atoms with E-state index in [1.54, 1.807) is 0 Å². The van der Waals surface area contributed by atoms with E-state index in [-0.39, 0.29) is 0 Å². The molecule has 1 aromatic carbocycles. The van der Waals surface area contributed by atoms with Crippen molar-refractivity contribution in [3.63, 3.8) is 0 Å². The van der Waals surface area contributed by atoms with Gasteiger partial charge in [-0.1, -0.05) is 48.8 Å². The lowest BCUT2D eigenvalue weighted by atomic mass is 10.0. The first-order chi connectivity index (χ1) is 9.04.